The fourth-order valence-corrected chi connectivity index (χ4v) is 1.60. The number of nitrogens with one attached hydrogen (secondary N) is 2. The maximum atomic E-state index is 5.78. The summed E-state index contributed by atoms with van der Waals surface area (Å²) < 4.78 is 0. The summed E-state index contributed by atoms with van der Waals surface area (Å²) in [4.78, 5) is 0.568. The van der Waals surface area contributed by atoms with E-state index in [9.17, 15) is 0 Å². The first-order valence-electron chi connectivity index (χ1n) is 4.59. The molecule has 1 aromatic carbocycles. The summed E-state index contributed by atoms with van der Waals surface area (Å²) in [6.45, 7) is 4.19. The highest BCUT2D eigenvalue weighted by molar-refractivity contribution is 7.82. The van der Waals surface area contributed by atoms with Crippen LogP contribution in [0, 0.1) is 0 Å². The third-order valence-electron chi connectivity index (χ3n) is 1.74. The molecule has 0 radical (unpaired) electrons. The zero-order valence-corrected chi connectivity index (χ0v) is 10.9. The van der Waals surface area contributed by atoms with E-state index >= 15 is 0 Å². The Balaban J connectivity index is 2.55. The number of halogens is 1. The van der Waals surface area contributed by atoms with Crippen molar-refractivity contribution in [2.24, 2.45) is 0 Å². The van der Waals surface area contributed by atoms with E-state index in [2.05, 4.69) is 17.2 Å². The summed E-state index contributed by atoms with van der Waals surface area (Å²) in [5.41, 5.74) is 0.877. The van der Waals surface area contributed by atoms with Crippen molar-refractivity contribution in [3.8, 4) is 0 Å². The van der Waals surface area contributed by atoms with E-state index in [1.54, 1.807) is 18.2 Å². The largest absolute Gasteiger partial charge is 0.359 e. The molecule has 2 N–H and O–H groups in total. The second kappa shape index (κ2) is 6.58. The Morgan fingerprint density at radius 2 is 1.94 bits per heavy atom. The van der Waals surface area contributed by atoms with Gasteiger partial charge in [0.15, 0.2) is 5.11 Å². The molecule has 0 aliphatic rings. The monoisotopic (exact) mass is 270 g/mol. The van der Waals surface area contributed by atoms with Gasteiger partial charge in [0.2, 0.25) is 0 Å². The molecule has 0 saturated heterocycles. The summed E-state index contributed by atoms with van der Waals surface area (Å²) in [6, 6.07) is 7.25. The molecular formula is C11H11ClN2S2. The second-order valence-electron chi connectivity index (χ2n) is 2.96. The van der Waals surface area contributed by atoms with Crippen LogP contribution in [0.2, 0.25) is 5.02 Å². The first-order chi connectivity index (χ1) is 7.63. The fraction of sp³-hybridized carbons (Fsp3) is 0.0909. The smallest absolute Gasteiger partial charge is 0.171 e. The topological polar surface area (TPSA) is 24.1 Å². The van der Waals surface area contributed by atoms with E-state index in [0.717, 1.165) is 5.56 Å². The SMILES string of the molecule is C=CCNC(=S)NC(=S)c1ccc(Cl)cc1. The van der Waals surface area contributed by atoms with E-state index in [-0.39, 0.29) is 0 Å². The van der Waals surface area contributed by atoms with Crippen LogP contribution in [-0.4, -0.2) is 16.6 Å². The zero-order chi connectivity index (χ0) is 12.0. The van der Waals surface area contributed by atoms with Gasteiger partial charge in [0.25, 0.3) is 0 Å². The van der Waals surface area contributed by atoms with Crippen LogP contribution in [0.15, 0.2) is 36.9 Å². The van der Waals surface area contributed by atoms with Crippen LogP contribution in [0.5, 0.6) is 0 Å². The lowest BCUT2D eigenvalue weighted by Crippen LogP contribution is -2.38. The van der Waals surface area contributed by atoms with Gasteiger partial charge in [-0.05, 0) is 24.4 Å². The Bertz CT molecular complexity index is 401. The highest BCUT2D eigenvalue weighted by atomic mass is 35.5. The van der Waals surface area contributed by atoms with E-state index in [4.69, 9.17) is 36.0 Å². The minimum Gasteiger partial charge on any atom is -0.359 e. The summed E-state index contributed by atoms with van der Waals surface area (Å²) >= 11 is 16.0. The summed E-state index contributed by atoms with van der Waals surface area (Å²) in [7, 11) is 0. The van der Waals surface area contributed by atoms with Gasteiger partial charge in [-0.1, -0.05) is 42.0 Å². The molecule has 0 bridgehead atoms. The Morgan fingerprint density at radius 1 is 1.31 bits per heavy atom. The van der Waals surface area contributed by atoms with E-state index < -0.39 is 0 Å². The molecule has 0 aliphatic carbocycles. The molecule has 1 aromatic rings. The number of rotatable bonds is 3. The molecule has 0 aromatic heterocycles. The van der Waals surface area contributed by atoms with Crippen LogP contribution in [-0.2, 0) is 0 Å². The van der Waals surface area contributed by atoms with Crippen LogP contribution < -0.4 is 10.6 Å². The molecule has 0 saturated carbocycles. The van der Waals surface area contributed by atoms with Crippen molar-refractivity contribution in [2.45, 2.75) is 0 Å². The maximum Gasteiger partial charge on any atom is 0.171 e. The van der Waals surface area contributed by atoms with E-state index in [1.807, 2.05) is 12.1 Å². The lowest BCUT2D eigenvalue weighted by molar-refractivity contribution is 1.03. The molecule has 5 heteroatoms. The van der Waals surface area contributed by atoms with Crippen LogP contribution in [0.3, 0.4) is 0 Å². The minimum absolute atomic E-state index is 0.486. The molecule has 0 unspecified atom stereocenters. The molecule has 16 heavy (non-hydrogen) atoms. The highest BCUT2D eigenvalue weighted by Crippen LogP contribution is 2.09. The molecule has 0 fully saturated rings. The van der Waals surface area contributed by atoms with Gasteiger partial charge in [-0.2, -0.15) is 0 Å². The molecule has 0 amide bonds. The van der Waals surface area contributed by atoms with Crippen LogP contribution in [0.25, 0.3) is 0 Å². The Labute approximate surface area is 111 Å². The van der Waals surface area contributed by atoms with Crippen molar-refractivity contribution in [1.82, 2.24) is 10.6 Å². The molecule has 0 heterocycles. The standard InChI is InChI=1S/C11H11ClN2S2/c1-2-7-13-11(16)14-10(15)8-3-5-9(12)6-4-8/h2-6H,1,7H2,(H2,13,14,15,16). The molecule has 0 aliphatic heterocycles. The Hall–Kier alpha value is -0.970. The van der Waals surface area contributed by atoms with Crippen molar-refractivity contribution in [3.63, 3.8) is 0 Å². The van der Waals surface area contributed by atoms with Crippen LogP contribution in [0.4, 0.5) is 0 Å². The van der Waals surface area contributed by atoms with E-state index in [0.29, 0.717) is 21.7 Å². The number of hydrogen-bond acceptors (Lipinski definition) is 2. The number of hydrogen-bond donors (Lipinski definition) is 2. The average molecular weight is 271 g/mol. The van der Waals surface area contributed by atoms with Gasteiger partial charge >= 0.3 is 0 Å². The summed E-state index contributed by atoms with van der Waals surface area (Å²) in [5, 5.41) is 7.01. The predicted octanol–water partition coefficient (Wildman–Crippen LogP) is 2.67. The fourth-order valence-electron chi connectivity index (χ4n) is 0.986. The molecule has 1 rings (SSSR count). The molecule has 0 atom stereocenters. The van der Waals surface area contributed by atoms with Gasteiger partial charge in [0.1, 0.15) is 4.99 Å². The van der Waals surface area contributed by atoms with Crippen molar-refractivity contribution >= 4 is 46.1 Å². The minimum atomic E-state index is 0.486. The second-order valence-corrected chi connectivity index (χ2v) is 4.21. The van der Waals surface area contributed by atoms with Gasteiger partial charge < -0.3 is 10.6 Å². The van der Waals surface area contributed by atoms with Gasteiger partial charge in [0, 0.05) is 17.1 Å². The third kappa shape index (κ3) is 4.26. The maximum absolute atomic E-state index is 5.78. The highest BCUT2D eigenvalue weighted by Gasteiger charge is 2.02. The van der Waals surface area contributed by atoms with Crippen LogP contribution in [0.1, 0.15) is 5.56 Å². The molecule has 84 valence electrons. The quantitative estimate of drug-likeness (QED) is 0.651. The molecular weight excluding hydrogens is 260 g/mol. The first-order valence-corrected chi connectivity index (χ1v) is 5.78. The van der Waals surface area contributed by atoms with Crippen molar-refractivity contribution < 1.29 is 0 Å². The van der Waals surface area contributed by atoms with Crippen molar-refractivity contribution in [1.29, 1.82) is 0 Å². The van der Waals surface area contributed by atoms with Crippen molar-refractivity contribution in [2.75, 3.05) is 6.54 Å². The lowest BCUT2D eigenvalue weighted by Gasteiger charge is -2.09. The molecule has 2 nitrogen and oxygen atoms in total. The third-order valence-corrected chi connectivity index (χ3v) is 2.58. The number of thiocarbonyl (C=S) groups is 2. The Morgan fingerprint density at radius 3 is 2.50 bits per heavy atom. The van der Waals surface area contributed by atoms with Gasteiger partial charge in [0.05, 0.1) is 0 Å². The van der Waals surface area contributed by atoms with Gasteiger partial charge in [-0.25, -0.2) is 0 Å². The summed E-state index contributed by atoms with van der Waals surface area (Å²) in [5.74, 6) is 0. The average Bonchev–Trinajstić information content (AvgIpc) is 2.27. The first kappa shape index (κ1) is 13.1. The van der Waals surface area contributed by atoms with Crippen molar-refractivity contribution in [3.05, 3.63) is 47.5 Å². The van der Waals surface area contributed by atoms with Gasteiger partial charge in [-0.3, -0.25) is 0 Å². The lowest BCUT2D eigenvalue weighted by atomic mass is 10.2. The normalized spacial score (nSPS) is 9.31. The Kier molecular flexibility index (Phi) is 5.38. The van der Waals surface area contributed by atoms with Gasteiger partial charge in [-0.15, -0.1) is 6.58 Å². The molecule has 0 spiro atoms. The predicted molar refractivity (Wildman–Crippen MR) is 77.1 cm³/mol. The van der Waals surface area contributed by atoms with E-state index in [1.165, 1.54) is 0 Å². The summed E-state index contributed by atoms with van der Waals surface area (Å²) in [6.07, 6.45) is 1.72. The number of benzene rings is 1. The zero-order valence-electron chi connectivity index (χ0n) is 8.50. The van der Waals surface area contributed by atoms with Crippen LogP contribution >= 0.6 is 36.0 Å².